The Bertz CT molecular complexity index is 698. The molecule has 1 unspecified atom stereocenters. The second kappa shape index (κ2) is 6.99. The van der Waals surface area contributed by atoms with Crippen molar-refractivity contribution in [1.82, 2.24) is 0 Å². The van der Waals surface area contributed by atoms with Crippen molar-refractivity contribution >= 4 is 23.6 Å². The van der Waals surface area contributed by atoms with E-state index in [1.165, 1.54) is 15.6 Å². The Labute approximate surface area is 144 Å². The average molecular weight is 331 g/mol. The summed E-state index contributed by atoms with van der Waals surface area (Å²) in [6.07, 6.45) is -0.572. The minimum Gasteiger partial charge on any atom is -0.389 e. The van der Waals surface area contributed by atoms with Crippen molar-refractivity contribution in [3.63, 3.8) is 0 Å². The van der Waals surface area contributed by atoms with Crippen LogP contribution in [-0.2, 0) is 0 Å². The van der Waals surface area contributed by atoms with Crippen LogP contribution in [0.2, 0.25) is 0 Å². The van der Waals surface area contributed by atoms with Crippen LogP contribution in [0.4, 0.5) is 0 Å². The number of benzene rings is 3. The van der Waals surface area contributed by atoms with Gasteiger partial charge in [0.15, 0.2) is 8.07 Å². The maximum atomic E-state index is 10.5. The first-order valence-electron chi connectivity index (χ1n) is 8.21. The van der Waals surface area contributed by atoms with Gasteiger partial charge in [-0.1, -0.05) is 91.0 Å². The van der Waals surface area contributed by atoms with Crippen LogP contribution < -0.4 is 15.6 Å². The van der Waals surface area contributed by atoms with Crippen molar-refractivity contribution < 1.29 is 5.11 Å². The van der Waals surface area contributed by atoms with Crippen molar-refractivity contribution in [1.29, 1.82) is 0 Å². The third-order valence-electron chi connectivity index (χ3n) is 4.61. The lowest BCUT2D eigenvalue weighted by Crippen LogP contribution is -2.69. The highest BCUT2D eigenvalue weighted by atomic mass is 28.3. The third-order valence-corrected chi connectivity index (χ3v) is 9.59. The molecule has 0 heterocycles. The predicted octanol–water partition coefficient (Wildman–Crippen LogP) is 2.63. The predicted molar refractivity (Wildman–Crippen MR) is 105 cm³/mol. The zero-order valence-electron chi connectivity index (χ0n) is 13.9. The fourth-order valence-electron chi connectivity index (χ4n) is 3.43. The Morgan fingerprint density at radius 1 is 0.708 bits per heavy atom. The Hall–Kier alpha value is -2.42. The van der Waals surface area contributed by atoms with Gasteiger partial charge in [-0.2, -0.15) is 0 Å². The molecule has 0 saturated heterocycles. The first-order chi connectivity index (χ1) is 11.7. The lowest BCUT2D eigenvalue weighted by atomic mass is 10.3. The van der Waals surface area contributed by atoms with E-state index in [0.717, 1.165) is 5.20 Å². The highest BCUT2D eigenvalue weighted by Crippen LogP contribution is 2.18. The van der Waals surface area contributed by atoms with E-state index in [0.29, 0.717) is 0 Å². The fraction of sp³-hybridized carbons (Fsp3) is 0.0909. The van der Waals surface area contributed by atoms with Crippen LogP contribution in [0.25, 0.3) is 0 Å². The average Bonchev–Trinajstić information content (AvgIpc) is 2.65. The molecule has 0 bridgehead atoms. The molecule has 3 aromatic carbocycles. The minimum absolute atomic E-state index is 0.572. The van der Waals surface area contributed by atoms with Gasteiger partial charge in [-0.3, -0.25) is 0 Å². The number of aliphatic hydroxyl groups excluding tert-OH is 1. The van der Waals surface area contributed by atoms with Gasteiger partial charge in [0.1, 0.15) is 0 Å². The van der Waals surface area contributed by atoms with Crippen molar-refractivity contribution in [2.75, 3.05) is 0 Å². The van der Waals surface area contributed by atoms with E-state index in [1.807, 2.05) is 25.1 Å². The lowest BCUT2D eigenvalue weighted by Gasteiger charge is -2.36. The lowest BCUT2D eigenvalue weighted by molar-refractivity contribution is 0.239. The van der Waals surface area contributed by atoms with Gasteiger partial charge >= 0.3 is 0 Å². The largest absolute Gasteiger partial charge is 0.389 e. The smallest absolute Gasteiger partial charge is 0.177 e. The van der Waals surface area contributed by atoms with Crippen LogP contribution in [0.5, 0.6) is 0 Å². The molecule has 3 aromatic rings. The van der Waals surface area contributed by atoms with Gasteiger partial charge in [0.25, 0.3) is 0 Å². The third kappa shape index (κ3) is 2.75. The summed E-state index contributed by atoms with van der Waals surface area (Å²) in [6, 6.07) is 31.5. The van der Waals surface area contributed by atoms with E-state index in [1.54, 1.807) is 0 Å². The van der Waals surface area contributed by atoms with E-state index in [9.17, 15) is 5.11 Å². The zero-order valence-corrected chi connectivity index (χ0v) is 14.9. The number of hydrogen-bond acceptors (Lipinski definition) is 1. The van der Waals surface area contributed by atoms with Gasteiger partial charge in [0.05, 0.1) is 6.10 Å². The van der Waals surface area contributed by atoms with Crippen LogP contribution in [0.15, 0.2) is 103 Å². The Morgan fingerprint density at radius 3 is 1.25 bits per heavy atom. The van der Waals surface area contributed by atoms with Gasteiger partial charge in [-0.05, 0) is 27.7 Å². The normalized spacial score (nSPS) is 12.6. The zero-order chi connectivity index (χ0) is 17.0. The van der Waals surface area contributed by atoms with Crippen LogP contribution in [-0.4, -0.2) is 19.3 Å². The molecule has 0 aromatic heterocycles. The Kier molecular flexibility index (Phi) is 4.79. The molecule has 0 radical (unpaired) electrons. The number of aliphatic hydroxyl groups is 1. The van der Waals surface area contributed by atoms with Crippen LogP contribution in [0, 0.1) is 0 Å². The molecule has 2 heteroatoms. The summed E-state index contributed by atoms with van der Waals surface area (Å²) < 4.78 is 0. The van der Waals surface area contributed by atoms with Crippen LogP contribution in [0.1, 0.15) is 6.92 Å². The topological polar surface area (TPSA) is 20.2 Å². The number of hydrogen-bond donors (Lipinski definition) is 1. The molecule has 0 aliphatic carbocycles. The fourth-order valence-corrected chi connectivity index (χ4v) is 8.25. The van der Waals surface area contributed by atoms with Crippen LogP contribution >= 0.6 is 0 Å². The molecule has 1 N–H and O–H groups in total. The van der Waals surface area contributed by atoms with E-state index in [-0.39, 0.29) is 0 Å². The molecule has 3 rings (SSSR count). The molecule has 0 saturated carbocycles. The first-order valence-corrected chi connectivity index (χ1v) is 10.2. The van der Waals surface area contributed by atoms with Crippen molar-refractivity contribution in [3.05, 3.63) is 103 Å². The molecule has 1 atom stereocenters. The molecular weight excluding hydrogens is 308 g/mol. The van der Waals surface area contributed by atoms with Gasteiger partial charge < -0.3 is 5.11 Å². The molecule has 120 valence electrons. The Balaban J connectivity index is 2.40. The second-order valence-corrected chi connectivity index (χ2v) is 9.92. The van der Waals surface area contributed by atoms with Crippen molar-refractivity contribution in [2.24, 2.45) is 0 Å². The van der Waals surface area contributed by atoms with E-state index in [4.69, 9.17) is 0 Å². The highest BCUT2D eigenvalue weighted by molar-refractivity contribution is 7.16. The quantitative estimate of drug-likeness (QED) is 0.563. The van der Waals surface area contributed by atoms with E-state index >= 15 is 0 Å². The minimum atomic E-state index is -2.53. The van der Waals surface area contributed by atoms with Crippen LogP contribution in [0.3, 0.4) is 0 Å². The molecule has 0 aliphatic rings. The molecule has 24 heavy (non-hydrogen) atoms. The molecule has 0 fully saturated rings. The summed E-state index contributed by atoms with van der Waals surface area (Å²) in [5, 5.41) is 15.1. The summed E-state index contributed by atoms with van der Waals surface area (Å²) in [6.45, 7) is 6.19. The maximum Gasteiger partial charge on any atom is 0.177 e. The van der Waals surface area contributed by atoms with E-state index in [2.05, 4.69) is 79.4 Å². The summed E-state index contributed by atoms with van der Waals surface area (Å²) in [7, 11) is -2.53. The van der Waals surface area contributed by atoms with Crippen molar-refractivity contribution in [2.45, 2.75) is 13.0 Å². The van der Waals surface area contributed by atoms with Gasteiger partial charge in [-0.15, -0.1) is 6.58 Å². The van der Waals surface area contributed by atoms with E-state index < -0.39 is 14.2 Å². The highest BCUT2D eigenvalue weighted by Gasteiger charge is 2.43. The first kappa shape index (κ1) is 16.4. The summed E-state index contributed by atoms with van der Waals surface area (Å²) in [4.78, 5) is 0. The maximum absolute atomic E-state index is 10.5. The summed E-state index contributed by atoms with van der Waals surface area (Å²) >= 11 is 0. The van der Waals surface area contributed by atoms with Gasteiger partial charge in [0.2, 0.25) is 0 Å². The number of rotatable bonds is 5. The molecule has 0 spiro atoms. The molecular formula is C22H22OSi. The van der Waals surface area contributed by atoms with Gasteiger partial charge in [-0.25, -0.2) is 0 Å². The summed E-state index contributed by atoms with van der Waals surface area (Å²) in [5.41, 5.74) is 0. The SMILES string of the molecule is C=C(C(C)O)[Si](c1ccccc1)(c1ccccc1)c1ccccc1. The standard InChI is InChI=1S/C22H22OSi/c1-18(23)19(2)24(20-12-6-3-7-13-20,21-14-8-4-9-15-21)22-16-10-5-11-17-22/h3-18,23H,2H2,1H3. The Morgan fingerprint density at radius 2 is 1.00 bits per heavy atom. The summed E-state index contributed by atoms with van der Waals surface area (Å²) in [5.74, 6) is 0. The van der Waals surface area contributed by atoms with Crippen molar-refractivity contribution in [3.8, 4) is 0 Å². The van der Waals surface area contributed by atoms with Gasteiger partial charge in [0, 0.05) is 0 Å². The molecule has 0 amide bonds. The molecule has 0 aliphatic heterocycles. The molecule has 1 nitrogen and oxygen atoms in total. The second-order valence-electron chi connectivity index (χ2n) is 6.05. The monoisotopic (exact) mass is 330 g/mol.